The Morgan fingerprint density at radius 1 is 0.818 bits per heavy atom. The molecule has 0 aromatic heterocycles. The lowest BCUT2D eigenvalue weighted by Gasteiger charge is -2.13. The van der Waals surface area contributed by atoms with Gasteiger partial charge in [0.25, 0.3) is 0 Å². The number of allylic oxidation sites excluding steroid dienone is 3. The molecule has 2 nitrogen and oxygen atoms in total. The fourth-order valence-electron chi connectivity index (χ4n) is 2.44. The minimum absolute atomic E-state index is 0.778. The maximum Gasteiger partial charge on any atom is 0.131 e. The molecule has 0 saturated heterocycles. The largest absolute Gasteiger partial charge is 0.458 e. The van der Waals surface area contributed by atoms with Gasteiger partial charge in [-0.1, -0.05) is 23.8 Å². The van der Waals surface area contributed by atoms with Gasteiger partial charge in [-0.05, 0) is 68.7 Å². The zero-order valence-corrected chi connectivity index (χ0v) is 13.0. The average molecular weight is 292 g/mol. The van der Waals surface area contributed by atoms with Crippen LogP contribution in [0.3, 0.4) is 0 Å². The van der Waals surface area contributed by atoms with Crippen molar-refractivity contribution in [2.24, 2.45) is 0 Å². The Bertz CT molecular complexity index is 726. The summed E-state index contributed by atoms with van der Waals surface area (Å²) in [5.74, 6) is 3.32. The van der Waals surface area contributed by atoms with Crippen molar-refractivity contribution in [2.45, 2.75) is 26.7 Å². The van der Waals surface area contributed by atoms with Gasteiger partial charge in [0.1, 0.15) is 23.0 Å². The van der Waals surface area contributed by atoms with Gasteiger partial charge in [-0.3, -0.25) is 0 Å². The molecule has 112 valence electrons. The van der Waals surface area contributed by atoms with Crippen molar-refractivity contribution >= 4 is 0 Å². The van der Waals surface area contributed by atoms with E-state index in [1.807, 2.05) is 42.5 Å². The number of benzene rings is 2. The van der Waals surface area contributed by atoms with E-state index in [0.717, 1.165) is 35.8 Å². The first-order valence-corrected chi connectivity index (χ1v) is 7.59. The van der Waals surface area contributed by atoms with Gasteiger partial charge in [0.05, 0.1) is 0 Å². The highest BCUT2D eigenvalue weighted by Crippen LogP contribution is 2.28. The number of hydrogen-bond donors (Lipinski definition) is 0. The summed E-state index contributed by atoms with van der Waals surface area (Å²) in [5.41, 5.74) is 2.53. The van der Waals surface area contributed by atoms with E-state index in [1.165, 1.54) is 11.1 Å². The van der Waals surface area contributed by atoms with Crippen LogP contribution in [0.25, 0.3) is 0 Å². The van der Waals surface area contributed by atoms with E-state index in [9.17, 15) is 0 Å². The second kappa shape index (κ2) is 6.52. The fourth-order valence-corrected chi connectivity index (χ4v) is 2.44. The highest BCUT2D eigenvalue weighted by molar-refractivity contribution is 5.39. The van der Waals surface area contributed by atoms with Gasteiger partial charge >= 0.3 is 0 Å². The van der Waals surface area contributed by atoms with Crippen molar-refractivity contribution in [2.75, 3.05) is 0 Å². The predicted octanol–water partition coefficient (Wildman–Crippen LogP) is 5.79. The molecule has 0 N–H and O–H groups in total. The molecule has 0 aliphatic heterocycles. The van der Waals surface area contributed by atoms with Crippen LogP contribution in [0.2, 0.25) is 0 Å². The number of ether oxygens (including phenoxy) is 2. The average Bonchev–Trinajstić information content (AvgIpc) is 2.47. The van der Waals surface area contributed by atoms with Crippen LogP contribution < -0.4 is 9.47 Å². The molecule has 0 fully saturated rings. The summed E-state index contributed by atoms with van der Waals surface area (Å²) in [4.78, 5) is 0. The molecule has 22 heavy (non-hydrogen) atoms. The smallest absolute Gasteiger partial charge is 0.131 e. The van der Waals surface area contributed by atoms with E-state index >= 15 is 0 Å². The van der Waals surface area contributed by atoms with E-state index in [2.05, 4.69) is 32.1 Å². The molecule has 0 atom stereocenters. The summed E-state index contributed by atoms with van der Waals surface area (Å²) in [6.45, 7) is 4.18. The predicted molar refractivity (Wildman–Crippen MR) is 89.4 cm³/mol. The number of aryl methyl sites for hydroxylation is 1. The van der Waals surface area contributed by atoms with Crippen LogP contribution >= 0.6 is 0 Å². The first-order chi connectivity index (χ1) is 10.7. The second-order valence-electron chi connectivity index (χ2n) is 5.63. The van der Waals surface area contributed by atoms with Crippen LogP contribution in [-0.2, 0) is 0 Å². The van der Waals surface area contributed by atoms with Crippen molar-refractivity contribution in [3.63, 3.8) is 0 Å². The van der Waals surface area contributed by atoms with Crippen molar-refractivity contribution in [3.8, 4) is 17.2 Å². The monoisotopic (exact) mass is 292 g/mol. The lowest BCUT2D eigenvalue weighted by molar-refractivity contribution is 0.429. The van der Waals surface area contributed by atoms with Gasteiger partial charge < -0.3 is 9.47 Å². The van der Waals surface area contributed by atoms with Gasteiger partial charge in [0.15, 0.2) is 0 Å². The highest BCUT2D eigenvalue weighted by Gasteiger charge is 2.05. The SMILES string of the molecule is CC1=CC(Oc2cccc(Oc3cccc(C)c3)c2)=CCC1. The minimum Gasteiger partial charge on any atom is -0.458 e. The molecule has 1 aliphatic carbocycles. The highest BCUT2D eigenvalue weighted by atomic mass is 16.5. The summed E-state index contributed by atoms with van der Waals surface area (Å²) in [5, 5.41) is 0. The molecule has 0 radical (unpaired) electrons. The molecular formula is C20H20O2. The lowest BCUT2D eigenvalue weighted by Crippen LogP contribution is -1.97. The van der Waals surface area contributed by atoms with Gasteiger partial charge in [-0.2, -0.15) is 0 Å². The zero-order chi connectivity index (χ0) is 15.4. The van der Waals surface area contributed by atoms with Crippen molar-refractivity contribution in [1.29, 1.82) is 0 Å². The van der Waals surface area contributed by atoms with Crippen LogP contribution in [0.4, 0.5) is 0 Å². The first kappa shape index (κ1) is 14.5. The van der Waals surface area contributed by atoms with Gasteiger partial charge in [-0.25, -0.2) is 0 Å². The summed E-state index contributed by atoms with van der Waals surface area (Å²) >= 11 is 0. The molecule has 0 bridgehead atoms. The Balaban J connectivity index is 1.74. The Hall–Kier alpha value is -2.48. The molecule has 0 saturated carbocycles. The summed E-state index contributed by atoms with van der Waals surface area (Å²) in [7, 11) is 0. The molecule has 0 unspecified atom stereocenters. The maximum absolute atomic E-state index is 5.93. The van der Waals surface area contributed by atoms with Crippen LogP contribution in [0.5, 0.6) is 17.2 Å². The van der Waals surface area contributed by atoms with E-state index in [-0.39, 0.29) is 0 Å². The molecular weight excluding hydrogens is 272 g/mol. The Labute approximate surface area is 131 Å². The molecule has 2 aromatic rings. The summed E-state index contributed by atoms with van der Waals surface area (Å²) in [6.07, 6.45) is 6.37. The zero-order valence-electron chi connectivity index (χ0n) is 13.0. The third kappa shape index (κ3) is 3.79. The number of hydrogen-bond acceptors (Lipinski definition) is 2. The summed E-state index contributed by atoms with van der Waals surface area (Å²) in [6, 6.07) is 15.8. The number of rotatable bonds is 4. The van der Waals surface area contributed by atoms with Gasteiger partial charge in [-0.15, -0.1) is 0 Å². The maximum atomic E-state index is 5.93. The molecule has 0 amide bonds. The van der Waals surface area contributed by atoms with Crippen LogP contribution in [0, 0.1) is 6.92 Å². The third-order valence-corrected chi connectivity index (χ3v) is 3.54. The fraction of sp³-hybridized carbons (Fsp3) is 0.200. The molecule has 1 aliphatic rings. The molecule has 0 spiro atoms. The lowest BCUT2D eigenvalue weighted by atomic mass is 10.1. The third-order valence-electron chi connectivity index (χ3n) is 3.54. The molecule has 2 aromatic carbocycles. The molecule has 2 heteroatoms. The Morgan fingerprint density at radius 2 is 1.50 bits per heavy atom. The van der Waals surface area contributed by atoms with E-state index in [1.54, 1.807) is 0 Å². The Morgan fingerprint density at radius 3 is 2.23 bits per heavy atom. The molecule has 3 rings (SSSR count). The second-order valence-corrected chi connectivity index (χ2v) is 5.63. The van der Waals surface area contributed by atoms with Crippen LogP contribution in [0.15, 0.2) is 72.0 Å². The summed E-state index contributed by atoms with van der Waals surface area (Å²) < 4.78 is 11.8. The van der Waals surface area contributed by atoms with E-state index in [0.29, 0.717) is 0 Å². The van der Waals surface area contributed by atoms with Crippen LogP contribution in [0.1, 0.15) is 25.3 Å². The van der Waals surface area contributed by atoms with Gasteiger partial charge in [0.2, 0.25) is 0 Å². The minimum atomic E-state index is 0.778. The topological polar surface area (TPSA) is 18.5 Å². The first-order valence-electron chi connectivity index (χ1n) is 7.59. The standard InChI is InChI=1S/C20H20O2/c1-15-6-3-8-17(12-15)21-19-10-5-11-20(14-19)22-18-9-4-7-16(2)13-18/h3,5-6,8-14H,4,7H2,1-2H3. The van der Waals surface area contributed by atoms with Crippen LogP contribution in [-0.4, -0.2) is 0 Å². The van der Waals surface area contributed by atoms with Crippen molar-refractivity contribution in [1.82, 2.24) is 0 Å². The van der Waals surface area contributed by atoms with E-state index in [4.69, 9.17) is 9.47 Å². The van der Waals surface area contributed by atoms with E-state index < -0.39 is 0 Å². The quantitative estimate of drug-likeness (QED) is 0.710. The van der Waals surface area contributed by atoms with Crippen molar-refractivity contribution < 1.29 is 9.47 Å². The van der Waals surface area contributed by atoms with Gasteiger partial charge in [0, 0.05) is 6.07 Å². The van der Waals surface area contributed by atoms with Crippen molar-refractivity contribution in [3.05, 3.63) is 77.6 Å². The normalized spacial score (nSPS) is 14.1. The Kier molecular flexibility index (Phi) is 4.29. The molecule has 0 heterocycles.